The lowest BCUT2D eigenvalue weighted by atomic mass is 9.85. The van der Waals surface area contributed by atoms with Gasteiger partial charge in [0.1, 0.15) is 23.0 Å². The third kappa shape index (κ3) is 3.89. The van der Waals surface area contributed by atoms with Crippen molar-refractivity contribution in [2.45, 2.75) is 57.5 Å². The summed E-state index contributed by atoms with van der Waals surface area (Å²) in [4.78, 5) is 24.9. The van der Waals surface area contributed by atoms with Gasteiger partial charge in [-0.25, -0.2) is 0 Å². The van der Waals surface area contributed by atoms with E-state index < -0.39 is 18.3 Å². The number of hydrogen-bond acceptors (Lipinski definition) is 9. The number of ether oxygens (including phenoxy) is 3. The fraction of sp³-hybridized carbons (Fsp3) is 0.440. The summed E-state index contributed by atoms with van der Waals surface area (Å²) in [7, 11) is 2.81. The van der Waals surface area contributed by atoms with Gasteiger partial charge >= 0.3 is 0 Å². The molecule has 0 aliphatic heterocycles. The number of aromatic hydroxyl groups is 2. The molecule has 4 N–H and O–H groups in total. The molecule has 9 heteroatoms. The van der Waals surface area contributed by atoms with Crippen LogP contribution in [0.1, 0.15) is 93.9 Å². The average Bonchev–Trinajstić information content (AvgIpc) is 2.81. The molecule has 0 saturated heterocycles. The zero-order valence-corrected chi connectivity index (χ0v) is 19.3. The van der Waals surface area contributed by atoms with Crippen LogP contribution in [0, 0.1) is 0 Å². The normalized spacial score (nSPS) is 20.5. The topological polar surface area (TPSA) is 143 Å². The first-order valence-corrected chi connectivity index (χ1v) is 11.1. The van der Waals surface area contributed by atoms with Crippen LogP contribution in [0.15, 0.2) is 12.1 Å². The second kappa shape index (κ2) is 9.25. The standard InChI is InChI=1S/C25H28O9/c1-11(21-20(33-3)9-13-16(27)5-7-18(29)23(13)25(21)31)34-10-14-19(32-2)8-12-15(26)4-6-17(28)22(12)24(14)30/h8-9,11,15-16,26-27,30-31H,4-7,10H2,1-3H3/t11-,15-,16+/m0/s1. The first kappa shape index (κ1) is 24.0. The summed E-state index contributed by atoms with van der Waals surface area (Å²) in [6, 6.07) is 3.06. The van der Waals surface area contributed by atoms with E-state index in [0.717, 1.165) is 0 Å². The van der Waals surface area contributed by atoms with Gasteiger partial charge in [0.25, 0.3) is 0 Å². The Bertz CT molecular complexity index is 1150. The molecule has 2 aromatic carbocycles. The molecule has 3 atom stereocenters. The number of fused-ring (bicyclic) bond motifs is 2. The molecule has 0 fully saturated rings. The second-order valence-corrected chi connectivity index (χ2v) is 8.58. The van der Waals surface area contributed by atoms with Crippen molar-refractivity contribution in [1.29, 1.82) is 0 Å². The highest BCUT2D eigenvalue weighted by Gasteiger charge is 2.34. The van der Waals surface area contributed by atoms with Crippen LogP contribution < -0.4 is 9.47 Å². The van der Waals surface area contributed by atoms with Gasteiger partial charge in [0.2, 0.25) is 0 Å². The number of aliphatic hydroxyl groups excluding tert-OH is 2. The maximum Gasteiger partial charge on any atom is 0.167 e. The summed E-state index contributed by atoms with van der Waals surface area (Å²) in [5, 5.41) is 42.4. The molecule has 182 valence electrons. The zero-order chi connectivity index (χ0) is 24.7. The number of rotatable bonds is 6. The van der Waals surface area contributed by atoms with Crippen LogP contribution in [-0.4, -0.2) is 46.2 Å². The van der Waals surface area contributed by atoms with Gasteiger partial charge in [-0.3, -0.25) is 9.59 Å². The van der Waals surface area contributed by atoms with Crippen LogP contribution in [-0.2, 0) is 11.3 Å². The number of phenolic OH excluding ortho intramolecular Hbond substituents is 2. The van der Waals surface area contributed by atoms with Crippen molar-refractivity contribution in [3.63, 3.8) is 0 Å². The van der Waals surface area contributed by atoms with E-state index in [2.05, 4.69) is 0 Å². The lowest BCUT2D eigenvalue weighted by molar-refractivity contribution is 0.0465. The molecule has 0 heterocycles. The monoisotopic (exact) mass is 472 g/mol. The highest BCUT2D eigenvalue weighted by atomic mass is 16.5. The van der Waals surface area contributed by atoms with E-state index in [4.69, 9.17) is 14.2 Å². The molecule has 34 heavy (non-hydrogen) atoms. The number of benzene rings is 2. The Morgan fingerprint density at radius 2 is 1.38 bits per heavy atom. The van der Waals surface area contributed by atoms with E-state index >= 15 is 0 Å². The Labute approximate surface area is 196 Å². The number of phenols is 2. The lowest BCUT2D eigenvalue weighted by Gasteiger charge is -2.27. The molecule has 9 nitrogen and oxygen atoms in total. The van der Waals surface area contributed by atoms with E-state index in [0.29, 0.717) is 11.1 Å². The van der Waals surface area contributed by atoms with Crippen LogP contribution in [0.4, 0.5) is 0 Å². The molecular formula is C25H28O9. The average molecular weight is 472 g/mol. The first-order valence-electron chi connectivity index (χ1n) is 11.1. The van der Waals surface area contributed by atoms with E-state index in [1.807, 2.05) is 0 Å². The maximum absolute atomic E-state index is 12.5. The van der Waals surface area contributed by atoms with Crippen molar-refractivity contribution < 1.29 is 44.2 Å². The minimum Gasteiger partial charge on any atom is -0.507 e. The van der Waals surface area contributed by atoms with Crippen LogP contribution in [0.2, 0.25) is 0 Å². The minimum absolute atomic E-state index is 0.0544. The molecule has 0 spiro atoms. The van der Waals surface area contributed by atoms with E-state index in [-0.39, 0.29) is 89.1 Å². The Kier molecular flexibility index (Phi) is 6.53. The van der Waals surface area contributed by atoms with E-state index in [9.17, 15) is 30.0 Å². The zero-order valence-electron chi connectivity index (χ0n) is 19.3. The van der Waals surface area contributed by atoms with E-state index in [1.165, 1.54) is 26.4 Å². The number of hydrogen-bond donors (Lipinski definition) is 4. The molecule has 2 aliphatic carbocycles. The maximum atomic E-state index is 12.5. The minimum atomic E-state index is -0.887. The number of Topliss-reactive ketones (excluding diaryl/α,β-unsaturated/α-hetero) is 2. The number of carbonyl (C=O) groups excluding carboxylic acids is 2. The van der Waals surface area contributed by atoms with Crippen LogP contribution in [0.5, 0.6) is 23.0 Å². The summed E-state index contributed by atoms with van der Waals surface area (Å²) in [5.74, 6) is -0.689. The number of carbonyl (C=O) groups is 2. The van der Waals surface area contributed by atoms with Gasteiger partial charge in [-0.1, -0.05) is 0 Å². The summed E-state index contributed by atoms with van der Waals surface area (Å²) in [5.41, 5.74) is 1.18. The number of ketones is 2. The quantitative estimate of drug-likeness (QED) is 0.497. The summed E-state index contributed by atoms with van der Waals surface area (Å²) < 4.78 is 16.7. The van der Waals surface area contributed by atoms with Crippen molar-refractivity contribution in [3.8, 4) is 23.0 Å². The second-order valence-electron chi connectivity index (χ2n) is 8.58. The summed E-state index contributed by atoms with van der Waals surface area (Å²) >= 11 is 0. The Hall–Kier alpha value is -3.14. The summed E-state index contributed by atoms with van der Waals surface area (Å²) in [6.45, 7) is 1.45. The van der Waals surface area contributed by atoms with Gasteiger partial charge < -0.3 is 34.6 Å². The smallest absolute Gasteiger partial charge is 0.167 e. The predicted octanol–water partition coefficient (Wildman–Crippen LogP) is 3.41. The first-order chi connectivity index (χ1) is 16.2. The molecule has 0 bridgehead atoms. The SMILES string of the molecule is COc1cc2c(c(O)c1CO[C@@H](C)c1c(OC)cc3c(c1O)C(=O)CC[C@H]3O)C(=O)CC[C@@H]2O. The highest BCUT2D eigenvalue weighted by molar-refractivity contribution is 6.02. The molecule has 2 aromatic rings. The molecule has 0 radical (unpaired) electrons. The van der Waals surface area contributed by atoms with Crippen LogP contribution >= 0.6 is 0 Å². The Balaban J connectivity index is 1.70. The van der Waals surface area contributed by atoms with Gasteiger partial charge in [-0.15, -0.1) is 0 Å². The van der Waals surface area contributed by atoms with Crippen molar-refractivity contribution in [2.75, 3.05) is 14.2 Å². The summed E-state index contributed by atoms with van der Waals surface area (Å²) in [6.07, 6.45) is -1.80. The predicted molar refractivity (Wildman–Crippen MR) is 120 cm³/mol. The Morgan fingerprint density at radius 1 is 0.882 bits per heavy atom. The highest BCUT2D eigenvalue weighted by Crippen LogP contribution is 2.46. The van der Waals surface area contributed by atoms with Crippen LogP contribution in [0.3, 0.4) is 0 Å². The Morgan fingerprint density at radius 3 is 1.91 bits per heavy atom. The van der Waals surface area contributed by atoms with Gasteiger partial charge in [-0.2, -0.15) is 0 Å². The van der Waals surface area contributed by atoms with Crippen molar-refractivity contribution >= 4 is 11.6 Å². The van der Waals surface area contributed by atoms with Gasteiger partial charge in [0.15, 0.2) is 11.6 Å². The molecule has 4 rings (SSSR count). The molecule has 0 aromatic heterocycles. The van der Waals surface area contributed by atoms with E-state index in [1.54, 1.807) is 6.92 Å². The van der Waals surface area contributed by atoms with Crippen LogP contribution in [0.25, 0.3) is 0 Å². The lowest BCUT2D eigenvalue weighted by Crippen LogP contribution is -2.18. The van der Waals surface area contributed by atoms with Crippen molar-refractivity contribution in [1.82, 2.24) is 0 Å². The fourth-order valence-corrected chi connectivity index (χ4v) is 4.77. The van der Waals surface area contributed by atoms with Crippen molar-refractivity contribution in [3.05, 3.63) is 45.5 Å². The molecule has 0 unspecified atom stereocenters. The number of methoxy groups -OCH3 is 2. The van der Waals surface area contributed by atoms with Gasteiger partial charge in [0, 0.05) is 12.8 Å². The van der Waals surface area contributed by atoms with Gasteiger partial charge in [0.05, 0.1) is 61.4 Å². The third-order valence-electron chi connectivity index (χ3n) is 6.62. The van der Waals surface area contributed by atoms with Crippen molar-refractivity contribution in [2.24, 2.45) is 0 Å². The molecule has 0 saturated carbocycles. The molecular weight excluding hydrogens is 444 g/mol. The number of aliphatic hydroxyl groups is 2. The van der Waals surface area contributed by atoms with Gasteiger partial charge in [-0.05, 0) is 43.0 Å². The fourth-order valence-electron chi connectivity index (χ4n) is 4.77. The molecule has 0 amide bonds. The third-order valence-corrected chi connectivity index (χ3v) is 6.62. The molecule has 2 aliphatic rings. The largest absolute Gasteiger partial charge is 0.507 e.